The summed E-state index contributed by atoms with van der Waals surface area (Å²) in [5.74, 6) is -1.42. The van der Waals surface area contributed by atoms with Gasteiger partial charge in [0.25, 0.3) is 5.91 Å². The number of rotatable bonds is 2. The number of benzene rings is 2. The predicted molar refractivity (Wildman–Crippen MR) is 87.0 cm³/mol. The molecule has 2 aromatic rings. The second-order valence-electron chi connectivity index (χ2n) is 6.42. The molecule has 1 aliphatic rings. The maximum atomic E-state index is 13.1. The zero-order valence-electron chi connectivity index (χ0n) is 13.7. The quantitative estimate of drug-likeness (QED) is 0.765. The molecule has 0 saturated heterocycles. The number of imide groups is 1. The Morgan fingerprint density at radius 3 is 2.24 bits per heavy atom. The van der Waals surface area contributed by atoms with E-state index in [4.69, 9.17) is 0 Å². The fourth-order valence-corrected chi connectivity index (χ4v) is 3.33. The van der Waals surface area contributed by atoms with E-state index in [9.17, 15) is 22.8 Å². The van der Waals surface area contributed by atoms with E-state index in [1.807, 2.05) is 30.3 Å². The highest BCUT2D eigenvalue weighted by atomic mass is 19.4. The molecule has 6 heteroatoms. The molecular weight excluding hydrogens is 331 g/mol. The van der Waals surface area contributed by atoms with Crippen LogP contribution in [0.2, 0.25) is 0 Å². The predicted octanol–water partition coefficient (Wildman–Crippen LogP) is 4.18. The van der Waals surface area contributed by atoms with Crippen LogP contribution in [0.15, 0.2) is 48.5 Å². The number of likely N-dealkylation sites (N-methyl/N-ethyl adjacent to an activating group) is 1. The number of amides is 2. The van der Waals surface area contributed by atoms with Gasteiger partial charge in [0.1, 0.15) is 0 Å². The van der Waals surface area contributed by atoms with Gasteiger partial charge in [-0.3, -0.25) is 14.5 Å². The lowest BCUT2D eigenvalue weighted by molar-refractivity contribution is -0.161. The van der Waals surface area contributed by atoms with E-state index in [0.717, 1.165) is 10.5 Å². The number of alkyl halides is 3. The van der Waals surface area contributed by atoms with E-state index in [-0.39, 0.29) is 11.1 Å². The second-order valence-corrected chi connectivity index (χ2v) is 6.42. The summed E-state index contributed by atoms with van der Waals surface area (Å²) in [6, 6.07) is 13.8. The van der Waals surface area contributed by atoms with Crippen molar-refractivity contribution in [3.05, 3.63) is 59.7 Å². The Morgan fingerprint density at radius 1 is 1.00 bits per heavy atom. The van der Waals surface area contributed by atoms with Crippen molar-refractivity contribution in [3.8, 4) is 11.1 Å². The van der Waals surface area contributed by atoms with Crippen LogP contribution in [0, 0.1) is 0 Å². The van der Waals surface area contributed by atoms with Gasteiger partial charge in [-0.2, -0.15) is 13.2 Å². The van der Waals surface area contributed by atoms with Crippen LogP contribution in [0.4, 0.5) is 13.2 Å². The summed E-state index contributed by atoms with van der Waals surface area (Å²) >= 11 is 0. The van der Waals surface area contributed by atoms with Gasteiger partial charge in [0.05, 0.1) is 11.8 Å². The fourth-order valence-electron chi connectivity index (χ4n) is 3.33. The largest absolute Gasteiger partial charge is 0.390 e. The van der Waals surface area contributed by atoms with Gasteiger partial charge in [-0.25, -0.2) is 0 Å². The third-order valence-electron chi connectivity index (χ3n) is 4.59. The van der Waals surface area contributed by atoms with E-state index in [1.54, 1.807) is 6.07 Å². The lowest BCUT2D eigenvalue weighted by Gasteiger charge is -2.38. The minimum absolute atomic E-state index is 0.124. The molecule has 0 radical (unpaired) electrons. The molecule has 1 atom stereocenters. The molecule has 2 amide bonds. The van der Waals surface area contributed by atoms with Crippen molar-refractivity contribution >= 4 is 11.8 Å². The van der Waals surface area contributed by atoms with E-state index < -0.39 is 29.8 Å². The Morgan fingerprint density at radius 2 is 1.64 bits per heavy atom. The SMILES string of the molecule is CN1C(=O)c2ccc(-c3ccccc3)cc2[C@@](C)(CC(F)(F)F)C1=O. The lowest BCUT2D eigenvalue weighted by Crippen LogP contribution is -2.52. The van der Waals surface area contributed by atoms with Crippen molar-refractivity contribution in [1.29, 1.82) is 0 Å². The van der Waals surface area contributed by atoms with Crippen molar-refractivity contribution in [2.45, 2.75) is 24.9 Å². The average molecular weight is 347 g/mol. The summed E-state index contributed by atoms with van der Waals surface area (Å²) in [5, 5.41) is 0. The molecule has 3 nitrogen and oxygen atoms in total. The van der Waals surface area contributed by atoms with Crippen molar-refractivity contribution in [2.24, 2.45) is 0 Å². The zero-order valence-corrected chi connectivity index (χ0v) is 13.7. The molecule has 0 fully saturated rings. The summed E-state index contributed by atoms with van der Waals surface area (Å²) in [6.07, 6.45) is -5.85. The Balaban J connectivity index is 2.21. The number of fused-ring (bicyclic) bond motifs is 1. The topological polar surface area (TPSA) is 37.4 Å². The smallest absolute Gasteiger partial charge is 0.281 e. The first-order valence-electron chi connectivity index (χ1n) is 7.73. The van der Waals surface area contributed by atoms with E-state index in [0.29, 0.717) is 5.56 Å². The standard InChI is InChI=1S/C19H16F3NO2/c1-18(11-19(20,21)22)15-10-13(12-6-4-3-5-7-12)8-9-14(15)16(24)23(2)17(18)25/h3-10H,11H2,1-2H3/t18-/m1/s1. The Hall–Kier alpha value is -2.63. The molecule has 2 aromatic carbocycles. The Kier molecular flexibility index (Phi) is 3.94. The van der Waals surface area contributed by atoms with Crippen LogP contribution in [-0.2, 0) is 10.2 Å². The number of halogens is 3. The Bertz CT molecular complexity index is 845. The zero-order chi connectivity index (χ0) is 18.4. The van der Waals surface area contributed by atoms with E-state index >= 15 is 0 Å². The van der Waals surface area contributed by atoms with Gasteiger partial charge in [0.15, 0.2) is 0 Å². The number of hydrogen-bond donors (Lipinski definition) is 0. The van der Waals surface area contributed by atoms with Gasteiger partial charge >= 0.3 is 6.18 Å². The number of carbonyl (C=O) groups is 2. The van der Waals surface area contributed by atoms with Crippen LogP contribution >= 0.6 is 0 Å². The maximum Gasteiger partial charge on any atom is 0.390 e. The summed E-state index contributed by atoms with van der Waals surface area (Å²) in [4.78, 5) is 25.7. The van der Waals surface area contributed by atoms with Crippen LogP contribution in [0.3, 0.4) is 0 Å². The second kappa shape index (κ2) is 5.72. The van der Waals surface area contributed by atoms with E-state index in [2.05, 4.69) is 0 Å². The van der Waals surface area contributed by atoms with Crippen LogP contribution in [-0.4, -0.2) is 29.9 Å². The molecule has 0 aromatic heterocycles. The minimum Gasteiger partial charge on any atom is -0.281 e. The molecule has 0 saturated carbocycles. The molecular formula is C19H16F3NO2. The highest BCUT2D eigenvalue weighted by Gasteiger charge is 2.52. The average Bonchev–Trinajstić information content (AvgIpc) is 2.57. The molecule has 0 aliphatic carbocycles. The molecule has 0 spiro atoms. The molecule has 25 heavy (non-hydrogen) atoms. The molecule has 3 rings (SSSR count). The van der Waals surface area contributed by atoms with E-state index in [1.165, 1.54) is 26.1 Å². The normalized spacial score (nSPS) is 20.6. The number of nitrogens with zero attached hydrogens (tertiary/aromatic N) is 1. The minimum atomic E-state index is -4.54. The monoisotopic (exact) mass is 347 g/mol. The van der Waals surface area contributed by atoms with Gasteiger partial charge in [0, 0.05) is 12.6 Å². The highest BCUT2D eigenvalue weighted by molar-refractivity contribution is 6.13. The molecule has 0 bridgehead atoms. The first kappa shape index (κ1) is 17.2. The molecule has 0 unspecified atom stereocenters. The third kappa shape index (κ3) is 2.92. The molecule has 1 heterocycles. The van der Waals surface area contributed by atoms with Crippen LogP contribution in [0.5, 0.6) is 0 Å². The van der Waals surface area contributed by atoms with Crippen LogP contribution in [0.25, 0.3) is 11.1 Å². The highest BCUT2D eigenvalue weighted by Crippen LogP contribution is 2.43. The first-order chi connectivity index (χ1) is 11.6. The molecule has 0 N–H and O–H groups in total. The first-order valence-corrected chi connectivity index (χ1v) is 7.73. The number of carbonyl (C=O) groups excluding carboxylic acids is 2. The molecule has 1 aliphatic heterocycles. The summed E-state index contributed by atoms with van der Waals surface area (Å²) in [5.41, 5.74) is -0.106. The van der Waals surface area contributed by atoms with Crippen molar-refractivity contribution in [3.63, 3.8) is 0 Å². The van der Waals surface area contributed by atoms with Gasteiger partial charge in [-0.15, -0.1) is 0 Å². The summed E-state index contributed by atoms with van der Waals surface area (Å²) in [7, 11) is 1.22. The van der Waals surface area contributed by atoms with Crippen LogP contribution in [0.1, 0.15) is 29.3 Å². The van der Waals surface area contributed by atoms with Gasteiger partial charge in [0.2, 0.25) is 5.91 Å². The van der Waals surface area contributed by atoms with Crippen LogP contribution < -0.4 is 0 Å². The van der Waals surface area contributed by atoms with Gasteiger partial charge in [-0.05, 0) is 35.7 Å². The third-order valence-corrected chi connectivity index (χ3v) is 4.59. The fraction of sp³-hybridized carbons (Fsp3) is 0.263. The summed E-state index contributed by atoms with van der Waals surface area (Å²) in [6.45, 7) is 1.25. The van der Waals surface area contributed by atoms with Crippen molar-refractivity contribution < 1.29 is 22.8 Å². The van der Waals surface area contributed by atoms with Crippen molar-refractivity contribution in [2.75, 3.05) is 7.05 Å². The van der Waals surface area contributed by atoms with Gasteiger partial charge < -0.3 is 0 Å². The maximum absolute atomic E-state index is 13.1. The number of hydrogen-bond acceptors (Lipinski definition) is 2. The Labute approximate surface area is 143 Å². The molecule has 130 valence electrons. The summed E-state index contributed by atoms with van der Waals surface area (Å²) < 4.78 is 39.4. The van der Waals surface area contributed by atoms with Gasteiger partial charge in [-0.1, -0.05) is 36.4 Å². The lowest BCUT2D eigenvalue weighted by atomic mass is 9.72. The van der Waals surface area contributed by atoms with Crippen molar-refractivity contribution in [1.82, 2.24) is 4.90 Å².